The van der Waals surface area contributed by atoms with Crippen LogP contribution in [0, 0.1) is 0 Å². The van der Waals surface area contributed by atoms with Crippen LogP contribution in [0.5, 0.6) is 5.75 Å². The minimum absolute atomic E-state index is 0.108. The predicted octanol–water partition coefficient (Wildman–Crippen LogP) is 1.47. The Kier molecular flexibility index (Phi) is 3.68. The van der Waals surface area contributed by atoms with E-state index < -0.39 is 11.6 Å². The number of esters is 1. The summed E-state index contributed by atoms with van der Waals surface area (Å²) >= 11 is 0. The molecule has 158 valence electrons. The van der Waals surface area contributed by atoms with Crippen LogP contribution in [-0.2, 0) is 41.2 Å². The van der Waals surface area contributed by atoms with Gasteiger partial charge in [-0.05, 0) is 29.7 Å². The van der Waals surface area contributed by atoms with Gasteiger partial charge in [0.15, 0.2) is 5.60 Å². The first-order valence-corrected chi connectivity index (χ1v) is 10.4. The van der Waals surface area contributed by atoms with Gasteiger partial charge in [0.05, 0.1) is 35.6 Å². The highest BCUT2D eigenvalue weighted by atomic mass is 16.6. The number of nitrogens with zero attached hydrogens (tertiary/aromatic N) is 2. The Morgan fingerprint density at radius 3 is 2.84 bits per heavy atom. The van der Waals surface area contributed by atoms with Crippen molar-refractivity contribution in [2.24, 2.45) is 5.73 Å². The quantitative estimate of drug-likeness (QED) is 0.473. The Bertz CT molecular complexity index is 1380. The van der Waals surface area contributed by atoms with Crippen LogP contribution in [0.4, 0.5) is 0 Å². The fourth-order valence-electron chi connectivity index (χ4n) is 5.07. The second kappa shape index (κ2) is 6.15. The van der Waals surface area contributed by atoms with Crippen LogP contribution in [0.15, 0.2) is 23.0 Å². The molecule has 0 amide bonds. The zero-order valence-corrected chi connectivity index (χ0v) is 17.0. The molecule has 0 spiro atoms. The molecule has 8 heteroatoms. The van der Waals surface area contributed by atoms with Gasteiger partial charge >= 0.3 is 5.97 Å². The van der Waals surface area contributed by atoms with Crippen molar-refractivity contribution < 1.29 is 19.4 Å². The average molecular weight is 419 g/mol. The highest BCUT2D eigenvalue weighted by Gasteiger charge is 2.45. The summed E-state index contributed by atoms with van der Waals surface area (Å²) in [7, 11) is 0. The van der Waals surface area contributed by atoms with Crippen molar-refractivity contribution in [3.8, 4) is 17.1 Å². The third-order valence-electron chi connectivity index (χ3n) is 6.82. The minimum atomic E-state index is -1.84. The molecule has 8 nitrogen and oxygen atoms in total. The maximum atomic E-state index is 13.3. The lowest BCUT2D eigenvalue weighted by Gasteiger charge is -2.31. The van der Waals surface area contributed by atoms with Gasteiger partial charge in [-0.3, -0.25) is 4.79 Å². The molecule has 3 N–H and O–H groups in total. The number of benzene rings is 1. The van der Waals surface area contributed by atoms with Crippen molar-refractivity contribution >= 4 is 16.9 Å². The number of carbonyl (C=O) groups excluding carboxylic acids is 1. The first kappa shape index (κ1) is 18.5. The summed E-state index contributed by atoms with van der Waals surface area (Å²) in [5, 5.41) is 12.0. The standard InChI is InChI=1S/C23H21N3O5/c1-2-23(29)16-6-18-20-14(9-26(18)21(27)15(16)10-31-22(23)28)13(8-24)12-5-11-3-4-30-19(11)7-17(12)25-20/h5-7,29H,2-4,8-10,24H2,1H3/t23-/m0/s1. The molecule has 0 saturated carbocycles. The molecular weight excluding hydrogens is 398 g/mol. The van der Waals surface area contributed by atoms with E-state index in [1.165, 1.54) is 0 Å². The summed E-state index contributed by atoms with van der Waals surface area (Å²) in [4.78, 5) is 30.5. The molecule has 3 aliphatic rings. The van der Waals surface area contributed by atoms with Crippen molar-refractivity contribution in [1.82, 2.24) is 9.55 Å². The lowest BCUT2D eigenvalue weighted by atomic mass is 9.86. The van der Waals surface area contributed by atoms with Crippen LogP contribution in [0.3, 0.4) is 0 Å². The maximum absolute atomic E-state index is 13.3. The second-order valence-electron chi connectivity index (χ2n) is 8.30. The van der Waals surface area contributed by atoms with E-state index in [0.29, 0.717) is 42.2 Å². The minimum Gasteiger partial charge on any atom is -0.493 e. The second-order valence-corrected chi connectivity index (χ2v) is 8.30. The lowest BCUT2D eigenvalue weighted by Crippen LogP contribution is -2.44. The van der Waals surface area contributed by atoms with Crippen molar-refractivity contribution in [3.05, 3.63) is 56.4 Å². The monoisotopic (exact) mass is 419 g/mol. The van der Waals surface area contributed by atoms with Crippen LogP contribution in [0.1, 0.15) is 41.2 Å². The Morgan fingerprint density at radius 2 is 2.06 bits per heavy atom. The SMILES string of the molecule is CC[C@@]1(O)C(=O)OCc2c1cc1n(c2=O)Cc2c-1nc1cc3c(cc1c2CN)CCO3. The molecule has 0 radical (unpaired) electrons. The topological polar surface area (TPSA) is 117 Å². The summed E-state index contributed by atoms with van der Waals surface area (Å²) in [6.45, 7) is 2.85. The van der Waals surface area contributed by atoms with E-state index in [1.54, 1.807) is 17.6 Å². The molecule has 1 aromatic carbocycles. The number of cyclic esters (lactones) is 1. The van der Waals surface area contributed by atoms with Crippen molar-refractivity contribution in [2.75, 3.05) is 6.61 Å². The molecule has 6 rings (SSSR count). The van der Waals surface area contributed by atoms with E-state index in [2.05, 4.69) is 6.07 Å². The van der Waals surface area contributed by atoms with Crippen LogP contribution in [0.2, 0.25) is 0 Å². The van der Waals surface area contributed by atoms with Gasteiger partial charge in [-0.25, -0.2) is 9.78 Å². The summed E-state index contributed by atoms with van der Waals surface area (Å²) < 4.78 is 12.5. The highest BCUT2D eigenvalue weighted by molar-refractivity contribution is 5.90. The number of rotatable bonds is 2. The van der Waals surface area contributed by atoms with Gasteiger partial charge < -0.3 is 24.9 Å². The van der Waals surface area contributed by atoms with Gasteiger partial charge in [-0.15, -0.1) is 0 Å². The Balaban J connectivity index is 1.65. The Hall–Kier alpha value is -3.23. The van der Waals surface area contributed by atoms with Crippen molar-refractivity contribution in [1.29, 1.82) is 0 Å². The van der Waals surface area contributed by atoms with E-state index >= 15 is 0 Å². The fraction of sp³-hybridized carbons (Fsp3) is 0.348. The fourth-order valence-corrected chi connectivity index (χ4v) is 5.07. The van der Waals surface area contributed by atoms with E-state index in [0.717, 1.165) is 39.8 Å². The van der Waals surface area contributed by atoms with Crippen LogP contribution >= 0.6 is 0 Å². The van der Waals surface area contributed by atoms with Crippen molar-refractivity contribution in [3.63, 3.8) is 0 Å². The Morgan fingerprint density at radius 1 is 1.23 bits per heavy atom. The zero-order chi connectivity index (χ0) is 21.5. The van der Waals surface area contributed by atoms with Crippen molar-refractivity contribution in [2.45, 2.75) is 45.1 Å². The molecular formula is C23H21N3O5. The van der Waals surface area contributed by atoms with Crippen LogP contribution in [-0.4, -0.2) is 27.2 Å². The van der Waals surface area contributed by atoms with E-state index in [-0.39, 0.29) is 18.6 Å². The highest BCUT2D eigenvalue weighted by Crippen LogP contribution is 2.41. The summed E-state index contributed by atoms with van der Waals surface area (Å²) in [5.41, 5.74) is 9.65. The molecule has 0 bridgehead atoms. The number of hydrogen-bond acceptors (Lipinski definition) is 7. The number of aromatic nitrogens is 2. The third-order valence-corrected chi connectivity index (χ3v) is 6.82. The molecule has 3 aliphatic heterocycles. The van der Waals surface area contributed by atoms with Crippen LogP contribution in [0.25, 0.3) is 22.3 Å². The molecule has 5 heterocycles. The number of hydrogen-bond donors (Lipinski definition) is 2. The number of carbonyl (C=O) groups is 1. The molecule has 31 heavy (non-hydrogen) atoms. The summed E-state index contributed by atoms with van der Waals surface area (Å²) in [5.74, 6) is 0.0961. The number of aliphatic hydroxyl groups is 1. The maximum Gasteiger partial charge on any atom is 0.343 e. The molecule has 1 atom stereocenters. The van der Waals surface area contributed by atoms with Crippen LogP contribution < -0.4 is 16.0 Å². The summed E-state index contributed by atoms with van der Waals surface area (Å²) in [6.07, 6.45) is 0.958. The molecule has 2 aromatic heterocycles. The lowest BCUT2D eigenvalue weighted by molar-refractivity contribution is -0.172. The third kappa shape index (κ3) is 2.29. The van der Waals surface area contributed by atoms with E-state index in [1.807, 2.05) is 6.07 Å². The van der Waals surface area contributed by atoms with Gasteiger partial charge in [0.1, 0.15) is 12.4 Å². The van der Waals surface area contributed by atoms with Gasteiger partial charge in [-0.1, -0.05) is 6.92 Å². The Labute approximate surface area is 177 Å². The van der Waals surface area contributed by atoms with Gasteiger partial charge in [0.2, 0.25) is 0 Å². The van der Waals surface area contributed by atoms with Gasteiger partial charge in [0.25, 0.3) is 5.56 Å². The van der Waals surface area contributed by atoms with E-state index in [9.17, 15) is 14.7 Å². The molecule has 3 aromatic rings. The van der Waals surface area contributed by atoms with E-state index in [4.69, 9.17) is 20.2 Å². The predicted molar refractivity (Wildman–Crippen MR) is 112 cm³/mol. The molecule has 0 unspecified atom stereocenters. The molecule has 0 aliphatic carbocycles. The molecule has 0 saturated heterocycles. The van der Waals surface area contributed by atoms with Gasteiger partial charge in [-0.2, -0.15) is 0 Å². The average Bonchev–Trinajstić information content (AvgIpc) is 3.38. The smallest absolute Gasteiger partial charge is 0.343 e. The normalized spacial score (nSPS) is 20.7. The number of fused-ring (bicyclic) bond motifs is 6. The number of ether oxygens (including phenoxy) is 2. The number of nitrogens with two attached hydrogens (primary N) is 1. The summed E-state index contributed by atoms with van der Waals surface area (Å²) in [6, 6.07) is 5.73. The zero-order valence-electron chi connectivity index (χ0n) is 17.0. The molecule has 0 fully saturated rings. The largest absolute Gasteiger partial charge is 0.493 e. The number of pyridine rings is 2. The first-order chi connectivity index (χ1) is 15.0. The van der Waals surface area contributed by atoms with Gasteiger partial charge in [0, 0.05) is 35.5 Å². The first-order valence-electron chi connectivity index (χ1n) is 10.4.